The number of methoxy groups -OCH3 is 2. The lowest BCUT2D eigenvalue weighted by molar-refractivity contribution is -0.147. The number of anilines is 2. The van der Waals surface area contributed by atoms with E-state index in [4.69, 9.17) is 14.2 Å². The molecule has 0 heterocycles. The van der Waals surface area contributed by atoms with Gasteiger partial charge in [0, 0.05) is 23.7 Å². The number of nitrogens with one attached hydrogen (secondary N) is 2. The normalized spacial score (nSPS) is 10.0. The van der Waals surface area contributed by atoms with E-state index in [0.29, 0.717) is 28.4 Å². The third-order valence-electron chi connectivity index (χ3n) is 4.18. The van der Waals surface area contributed by atoms with E-state index in [1.54, 1.807) is 42.5 Å². The van der Waals surface area contributed by atoms with Crippen LogP contribution in [0.2, 0.25) is 0 Å². The van der Waals surface area contributed by atoms with Gasteiger partial charge in [-0.1, -0.05) is 0 Å². The first-order valence-corrected chi connectivity index (χ1v) is 9.40. The maximum atomic E-state index is 12.1. The molecule has 0 atom stereocenters. The van der Waals surface area contributed by atoms with Gasteiger partial charge in [-0.3, -0.25) is 19.2 Å². The van der Waals surface area contributed by atoms with Crippen molar-refractivity contribution in [2.75, 3.05) is 31.5 Å². The molecule has 2 aromatic carbocycles. The van der Waals surface area contributed by atoms with Gasteiger partial charge in [-0.15, -0.1) is 0 Å². The van der Waals surface area contributed by atoms with Crippen molar-refractivity contribution in [2.24, 2.45) is 0 Å². The molecule has 31 heavy (non-hydrogen) atoms. The fraction of sp³-hybridized carbons (Fsp3) is 0.273. The van der Waals surface area contributed by atoms with Crippen LogP contribution in [0, 0.1) is 0 Å². The number of hydrogen-bond acceptors (Lipinski definition) is 7. The van der Waals surface area contributed by atoms with Gasteiger partial charge in [-0.05, 0) is 43.3 Å². The second-order valence-corrected chi connectivity index (χ2v) is 6.46. The summed E-state index contributed by atoms with van der Waals surface area (Å²) in [5.74, 6) is -0.763. The Bertz CT molecular complexity index is 955. The maximum absolute atomic E-state index is 12.1. The zero-order valence-electron chi connectivity index (χ0n) is 17.5. The lowest BCUT2D eigenvalue weighted by Crippen LogP contribution is -2.22. The Balaban J connectivity index is 1.75. The van der Waals surface area contributed by atoms with E-state index in [2.05, 4.69) is 10.6 Å². The third-order valence-corrected chi connectivity index (χ3v) is 4.18. The summed E-state index contributed by atoms with van der Waals surface area (Å²) in [6, 6.07) is 11.3. The number of carbonyl (C=O) groups excluding carboxylic acids is 4. The first-order chi connectivity index (χ1) is 14.8. The first-order valence-electron chi connectivity index (χ1n) is 9.40. The van der Waals surface area contributed by atoms with E-state index in [1.807, 2.05) is 0 Å². The van der Waals surface area contributed by atoms with Gasteiger partial charge in [-0.25, -0.2) is 0 Å². The van der Waals surface area contributed by atoms with Crippen molar-refractivity contribution in [2.45, 2.75) is 19.8 Å². The van der Waals surface area contributed by atoms with Crippen LogP contribution in [0.25, 0.3) is 0 Å². The molecule has 0 aromatic heterocycles. The number of esters is 1. The van der Waals surface area contributed by atoms with Crippen LogP contribution in [-0.2, 0) is 19.1 Å². The second kappa shape index (κ2) is 11.3. The Hall–Kier alpha value is -3.88. The number of amides is 2. The first kappa shape index (κ1) is 23.4. The number of hydrogen-bond donors (Lipinski definition) is 2. The second-order valence-electron chi connectivity index (χ2n) is 6.46. The van der Waals surface area contributed by atoms with Crippen LogP contribution in [0.3, 0.4) is 0 Å². The minimum Gasteiger partial charge on any atom is -0.497 e. The molecule has 0 fully saturated rings. The van der Waals surface area contributed by atoms with Crippen molar-refractivity contribution in [3.8, 4) is 11.5 Å². The molecule has 0 aliphatic rings. The Morgan fingerprint density at radius 3 is 2.16 bits per heavy atom. The number of ether oxygens (including phenoxy) is 3. The molecule has 9 nitrogen and oxygen atoms in total. The molecule has 2 N–H and O–H groups in total. The van der Waals surface area contributed by atoms with E-state index in [-0.39, 0.29) is 18.6 Å². The number of Topliss-reactive ketones (excluding diaryl/α,β-unsaturated/α-hetero) is 1. The van der Waals surface area contributed by atoms with Crippen molar-refractivity contribution in [1.29, 1.82) is 0 Å². The van der Waals surface area contributed by atoms with E-state index in [9.17, 15) is 19.2 Å². The molecule has 0 saturated heterocycles. The van der Waals surface area contributed by atoms with Gasteiger partial charge in [0.05, 0.1) is 26.3 Å². The molecule has 0 unspecified atom stereocenters. The highest BCUT2D eigenvalue weighted by atomic mass is 16.5. The molecule has 9 heteroatoms. The van der Waals surface area contributed by atoms with E-state index in [1.165, 1.54) is 21.1 Å². The Morgan fingerprint density at radius 2 is 1.55 bits per heavy atom. The molecule has 2 aromatic rings. The van der Waals surface area contributed by atoms with Crippen molar-refractivity contribution in [3.63, 3.8) is 0 Å². The largest absolute Gasteiger partial charge is 0.497 e. The average molecular weight is 428 g/mol. The van der Waals surface area contributed by atoms with Crippen molar-refractivity contribution >= 4 is 34.9 Å². The summed E-state index contributed by atoms with van der Waals surface area (Å²) >= 11 is 0. The zero-order chi connectivity index (χ0) is 22.8. The van der Waals surface area contributed by atoms with Crippen molar-refractivity contribution < 1.29 is 33.4 Å². The van der Waals surface area contributed by atoms with Crippen LogP contribution in [0.5, 0.6) is 11.5 Å². The highest BCUT2D eigenvalue weighted by Gasteiger charge is 2.13. The van der Waals surface area contributed by atoms with E-state index in [0.717, 1.165) is 0 Å². The zero-order valence-corrected chi connectivity index (χ0v) is 17.5. The summed E-state index contributed by atoms with van der Waals surface area (Å²) in [6.45, 7) is 0.944. The molecular weight excluding hydrogens is 404 g/mol. The summed E-state index contributed by atoms with van der Waals surface area (Å²) in [5, 5.41) is 5.20. The standard InChI is InChI=1S/C22H24N2O7/c1-14(25)15-4-6-16(7-5-15)23-20(26)10-11-22(28)31-13-21(27)24-18-12-17(29-2)8-9-19(18)30-3/h4-9,12H,10-11,13H2,1-3H3,(H,23,26)(H,24,27). The SMILES string of the molecule is COc1ccc(OC)c(NC(=O)COC(=O)CCC(=O)Nc2ccc(C(C)=O)cc2)c1. The van der Waals surface area contributed by atoms with Crippen LogP contribution in [0.4, 0.5) is 11.4 Å². The summed E-state index contributed by atoms with van der Waals surface area (Å²) in [7, 11) is 2.95. The van der Waals surface area contributed by atoms with Crippen LogP contribution >= 0.6 is 0 Å². The highest BCUT2D eigenvalue weighted by molar-refractivity contribution is 5.96. The molecule has 0 aliphatic carbocycles. The smallest absolute Gasteiger partial charge is 0.306 e. The fourth-order valence-electron chi connectivity index (χ4n) is 2.54. The maximum Gasteiger partial charge on any atom is 0.306 e. The average Bonchev–Trinajstić information content (AvgIpc) is 2.76. The van der Waals surface area contributed by atoms with Gasteiger partial charge in [-0.2, -0.15) is 0 Å². The van der Waals surface area contributed by atoms with Crippen LogP contribution in [0.15, 0.2) is 42.5 Å². The van der Waals surface area contributed by atoms with Crippen LogP contribution in [0.1, 0.15) is 30.1 Å². The van der Waals surface area contributed by atoms with Gasteiger partial charge in [0.15, 0.2) is 12.4 Å². The van der Waals surface area contributed by atoms with Gasteiger partial charge in [0.25, 0.3) is 5.91 Å². The molecule has 0 spiro atoms. The van der Waals surface area contributed by atoms with Gasteiger partial charge in [0.1, 0.15) is 11.5 Å². The molecular formula is C22H24N2O7. The molecule has 2 amide bonds. The van der Waals surface area contributed by atoms with E-state index >= 15 is 0 Å². The van der Waals surface area contributed by atoms with Crippen LogP contribution in [-0.4, -0.2) is 44.4 Å². The lowest BCUT2D eigenvalue weighted by Gasteiger charge is -2.12. The van der Waals surface area contributed by atoms with Crippen LogP contribution < -0.4 is 20.1 Å². The minimum absolute atomic E-state index is 0.0745. The Morgan fingerprint density at radius 1 is 0.839 bits per heavy atom. The number of carbonyl (C=O) groups is 4. The molecule has 0 bridgehead atoms. The molecule has 164 valence electrons. The summed E-state index contributed by atoms with van der Waals surface area (Å²) < 4.78 is 15.2. The molecule has 0 saturated carbocycles. The monoisotopic (exact) mass is 428 g/mol. The Labute approximate surface area is 179 Å². The van der Waals surface area contributed by atoms with Gasteiger partial charge >= 0.3 is 5.97 Å². The highest BCUT2D eigenvalue weighted by Crippen LogP contribution is 2.28. The summed E-state index contributed by atoms with van der Waals surface area (Å²) in [6.07, 6.45) is -0.300. The lowest BCUT2D eigenvalue weighted by atomic mass is 10.1. The van der Waals surface area contributed by atoms with Crippen molar-refractivity contribution in [1.82, 2.24) is 0 Å². The number of benzene rings is 2. The minimum atomic E-state index is -0.685. The number of ketones is 1. The van der Waals surface area contributed by atoms with E-state index < -0.39 is 24.4 Å². The predicted molar refractivity (Wildman–Crippen MR) is 113 cm³/mol. The predicted octanol–water partition coefficient (Wildman–Crippen LogP) is 2.81. The summed E-state index contributed by atoms with van der Waals surface area (Å²) in [4.78, 5) is 47.1. The Kier molecular flexibility index (Phi) is 8.56. The van der Waals surface area contributed by atoms with Gasteiger partial charge in [0.2, 0.25) is 5.91 Å². The quantitative estimate of drug-likeness (QED) is 0.441. The fourth-order valence-corrected chi connectivity index (χ4v) is 2.54. The molecule has 0 aliphatic heterocycles. The number of rotatable bonds is 10. The molecule has 2 rings (SSSR count). The third kappa shape index (κ3) is 7.46. The van der Waals surface area contributed by atoms with Gasteiger partial charge < -0.3 is 24.8 Å². The topological polar surface area (TPSA) is 120 Å². The van der Waals surface area contributed by atoms with Crippen molar-refractivity contribution in [3.05, 3.63) is 48.0 Å². The molecule has 0 radical (unpaired) electrons. The summed E-state index contributed by atoms with van der Waals surface area (Å²) in [5.41, 5.74) is 1.42.